The quantitative estimate of drug-likeness (QED) is 0.580. The van der Waals surface area contributed by atoms with E-state index in [1.54, 1.807) is 0 Å². The number of aliphatic hydroxyl groups is 1. The molecule has 2 atom stereocenters. The summed E-state index contributed by atoms with van der Waals surface area (Å²) in [5.41, 5.74) is 0. The van der Waals surface area contributed by atoms with Gasteiger partial charge in [0.05, 0.1) is 6.10 Å². The second kappa shape index (κ2) is 7.27. The number of unbranched alkanes of at least 4 members (excludes halogenated alkanes) is 1. The molecule has 0 bridgehead atoms. The first kappa shape index (κ1) is 14.0. The van der Waals surface area contributed by atoms with Crippen LogP contribution in [0.4, 0.5) is 0 Å². The van der Waals surface area contributed by atoms with E-state index in [1.165, 1.54) is 0 Å². The number of aliphatic carboxylic acids is 1. The zero-order valence-electron chi connectivity index (χ0n) is 10.0. The van der Waals surface area contributed by atoms with Gasteiger partial charge in [0.15, 0.2) is 0 Å². The van der Waals surface area contributed by atoms with Gasteiger partial charge >= 0.3 is 5.97 Å². The van der Waals surface area contributed by atoms with E-state index in [0.29, 0.717) is 31.7 Å². The van der Waals surface area contributed by atoms with Crippen LogP contribution in [0, 0.1) is 5.92 Å². The Morgan fingerprint density at radius 2 is 1.88 bits per heavy atom. The molecule has 3 N–H and O–H groups in total. The number of carbonyl (C=O) groups is 2. The lowest BCUT2D eigenvalue weighted by molar-refractivity contribution is -0.137. The molecule has 0 aromatic carbocycles. The van der Waals surface area contributed by atoms with Gasteiger partial charge in [-0.2, -0.15) is 0 Å². The summed E-state index contributed by atoms with van der Waals surface area (Å²) in [4.78, 5) is 21.7. The van der Waals surface area contributed by atoms with Crippen LogP contribution in [-0.2, 0) is 9.59 Å². The number of hydrogen-bond acceptors (Lipinski definition) is 3. The van der Waals surface area contributed by atoms with Crippen molar-refractivity contribution in [2.24, 2.45) is 5.92 Å². The summed E-state index contributed by atoms with van der Waals surface area (Å²) in [6.07, 6.45) is 4.06. The van der Waals surface area contributed by atoms with Gasteiger partial charge in [0.2, 0.25) is 5.91 Å². The highest BCUT2D eigenvalue weighted by Gasteiger charge is 2.22. The van der Waals surface area contributed by atoms with Gasteiger partial charge in [0.25, 0.3) is 0 Å². The predicted molar refractivity (Wildman–Crippen MR) is 62.5 cm³/mol. The Balaban J connectivity index is 1.99. The normalized spacial score (nSPS) is 23.6. The zero-order chi connectivity index (χ0) is 12.7. The second-order valence-electron chi connectivity index (χ2n) is 4.74. The van der Waals surface area contributed by atoms with E-state index in [1.807, 2.05) is 0 Å². The molecule has 0 radical (unpaired) electrons. The van der Waals surface area contributed by atoms with Crippen LogP contribution >= 0.6 is 0 Å². The Bertz CT molecular complexity index is 267. The molecule has 98 valence electrons. The molecular formula is C12H21NO4. The minimum absolute atomic E-state index is 0.0169. The van der Waals surface area contributed by atoms with Gasteiger partial charge in [0, 0.05) is 19.4 Å². The highest BCUT2D eigenvalue weighted by Crippen LogP contribution is 2.24. The lowest BCUT2D eigenvalue weighted by Crippen LogP contribution is -2.28. The Morgan fingerprint density at radius 1 is 1.18 bits per heavy atom. The van der Waals surface area contributed by atoms with Gasteiger partial charge < -0.3 is 15.5 Å². The third-order valence-electron chi connectivity index (χ3n) is 3.15. The fourth-order valence-corrected chi connectivity index (χ4v) is 2.14. The van der Waals surface area contributed by atoms with Crippen molar-refractivity contribution in [1.82, 2.24) is 5.32 Å². The summed E-state index contributed by atoms with van der Waals surface area (Å²) >= 11 is 0. The number of carboxylic acid groups (broad SMARTS) is 1. The minimum atomic E-state index is -0.814. The van der Waals surface area contributed by atoms with Crippen molar-refractivity contribution in [2.45, 2.75) is 51.0 Å². The highest BCUT2D eigenvalue weighted by molar-refractivity contribution is 5.75. The summed E-state index contributed by atoms with van der Waals surface area (Å²) in [6, 6.07) is 0. The van der Waals surface area contributed by atoms with Gasteiger partial charge in [-0.3, -0.25) is 9.59 Å². The van der Waals surface area contributed by atoms with Crippen LogP contribution in [0.2, 0.25) is 0 Å². The Labute approximate surface area is 101 Å². The van der Waals surface area contributed by atoms with Crippen LogP contribution in [0.5, 0.6) is 0 Å². The minimum Gasteiger partial charge on any atom is -0.481 e. The molecule has 2 unspecified atom stereocenters. The lowest BCUT2D eigenvalue weighted by atomic mass is 10.1. The van der Waals surface area contributed by atoms with E-state index >= 15 is 0 Å². The Hall–Kier alpha value is -1.10. The summed E-state index contributed by atoms with van der Waals surface area (Å²) < 4.78 is 0. The van der Waals surface area contributed by atoms with E-state index in [9.17, 15) is 14.7 Å². The number of rotatable bonds is 7. The first-order valence-corrected chi connectivity index (χ1v) is 6.24. The summed E-state index contributed by atoms with van der Waals surface area (Å²) in [5, 5.41) is 20.6. The van der Waals surface area contributed by atoms with Crippen molar-refractivity contribution in [3.05, 3.63) is 0 Å². The Kier molecular flexibility index (Phi) is 5.97. The second-order valence-corrected chi connectivity index (χ2v) is 4.74. The molecule has 0 spiro atoms. The molecule has 1 saturated carbocycles. The molecule has 1 rings (SSSR count). The number of hydrogen-bond donors (Lipinski definition) is 3. The molecule has 1 aliphatic rings. The van der Waals surface area contributed by atoms with Crippen molar-refractivity contribution < 1.29 is 19.8 Å². The molecule has 1 amide bonds. The molecule has 0 aromatic heterocycles. The van der Waals surface area contributed by atoms with Gasteiger partial charge in [-0.1, -0.05) is 0 Å². The van der Waals surface area contributed by atoms with Crippen molar-refractivity contribution in [3.63, 3.8) is 0 Å². The van der Waals surface area contributed by atoms with E-state index < -0.39 is 5.97 Å². The number of aliphatic hydroxyl groups excluding tert-OH is 1. The van der Waals surface area contributed by atoms with Crippen LogP contribution in [0.25, 0.3) is 0 Å². The average Bonchev–Trinajstić information content (AvgIpc) is 2.67. The summed E-state index contributed by atoms with van der Waals surface area (Å²) in [6.45, 7) is 0.634. The molecule has 0 aromatic rings. The first-order valence-electron chi connectivity index (χ1n) is 6.24. The average molecular weight is 243 g/mol. The van der Waals surface area contributed by atoms with Crippen LogP contribution in [0.1, 0.15) is 44.9 Å². The highest BCUT2D eigenvalue weighted by atomic mass is 16.4. The van der Waals surface area contributed by atoms with Gasteiger partial charge in [0.1, 0.15) is 0 Å². The third-order valence-corrected chi connectivity index (χ3v) is 3.15. The van der Waals surface area contributed by atoms with Crippen molar-refractivity contribution in [1.29, 1.82) is 0 Å². The first-order chi connectivity index (χ1) is 8.08. The number of carboxylic acids is 1. The van der Waals surface area contributed by atoms with E-state index in [-0.39, 0.29) is 18.4 Å². The fourth-order valence-electron chi connectivity index (χ4n) is 2.14. The smallest absolute Gasteiger partial charge is 0.303 e. The lowest BCUT2D eigenvalue weighted by Gasteiger charge is -2.10. The molecule has 5 nitrogen and oxygen atoms in total. The standard InChI is InChI=1S/C12H21NO4/c14-10-6-5-9(7-10)8-13-11(15)3-1-2-4-12(16)17/h9-10,14H,1-8H2,(H,13,15)(H,16,17). The van der Waals surface area contributed by atoms with E-state index in [4.69, 9.17) is 5.11 Å². The number of amides is 1. The zero-order valence-corrected chi connectivity index (χ0v) is 10.0. The monoisotopic (exact) mass is 243 g/mol. The summed E-state index contributed by atoms with van der Waals surface area (Å²) in [5.74, 6) is -0.435. The number of carbonyl (C=O) groups excluding carboxylic acids is 1. The molecule has 0 saturated heterocycles. The van der Waals surface area contributed by atoms with E-state index in [0.717, 1.165) is 19.3 Å². The van der Waals surface area contributed by atoms with Crippen LogP contribution in [-0.4, -0.2) is 34.7 Å². The maximum atomic E-state index is 11.4. The third kappa shape index (κ3) is 6.26. The molecule has 17 heavy (non-hydrogen) atoms. The van der Waals surface area contributed by atoms with Crippen LogP contribution in [0.15, 0.2) is 0 Å². The molecule has 0 heterocycles. The molecular weight excluding hydrogens is 222 g/mol. The number of nitrogens with one attached hydrogen (secondary N) is 1. The Morgan fingerprint density at radius 3 is 2.47 bits per heavy atom. The van der Waals surface area contributed by atoms with Gasteiger partial charge in [-0.15, -0.1) is 0 Å². The predicted octanol–water partition coefficient (Wildman–Crippen LogP) is 0.909. The molecule has 1 aliphatic carbocycles. The molecule has 0 aliphatic heterocycles. The van der Waals surface area contributed by atoms with Gasteiger partial charge in [-0.05, 0) is 38.0 Å². The van der Waals surface area contributed by atoms with Gasteiger partial charge in [-0.25, -0.2) is 0 Å². The topological polar surface area (TPSA) is 86.6 Å². The largest absolute Gasteiger partial charge is 0.481 e. The summed E-state index contributed by atoms with van der Waals surface area (Å²) in [7, 11) is 0. The maximum absolute atomic E-state index is 11.4. The van der Waals surface area contributed by atoms with E-state index in [2.05, 4.69) is 5.32 Å². The van der Waals surface area contributed by atoms with Crippen LogP contribution < -0.4 is 5.32 Å². The fraction of sp³-hybridized carbons (Fsp3) is 0.833. The molecule has 1 fully saturated rings. The SMILES string of the molecule is O=C(O)CCCCC(=O)NCC1CCC(O)C1. The molecule has 5 heteroatoms. The maximum Gasteiger partial charge on any atom is 0.303 e. The van der Waals surface area contributed by atoms with Crippen molar-refractivity contribution >= 4 is 11.9 Å². The van der Waals surface area contributed by atoms with Crippen molar-refractivity contribution in [3.8, 4) is 0 Å². The van der Waals surface area contributed by atoms with Crippen LogP contribution in [0.3, 0.4) is 0 Å². The van der Waals surface area contributed by atoms with Crippen molar-refractivity contribution in [2.75, 3.05) is 6.54 Å².